The van der Waals surface area contributed by atoms with Gasteiger partial charge in [-0.15, -0.1) is 0 Å². The Morgan fingerprint density at radius 2 is 2.57 bits per heavy atom. The second-order valence-electron chi connectivity index (χ2n) is 3.47. The first-order valence-electron chi connectivity index (χ1n) is 4.69. The van der Waals surface area contributed by atoms with Crippen molar-refractivity contribution in [2.24, 2.45) is 0 Å². The molecule has 1 aliphatic heterocycles. The molecule has 5 nitrogen and oxygen atoms in total. The first-order chi connectivity index (χ1) is 6.75. The molecule has 0 spiro atoms. The smallest absolute Gasteiger partial charge is 0.295 e. The van der Waals surface area contributed by atoms with Crippen molar-refractivity contribution < 1.29 is 4.74 Å². The zero-order chi connectivity index (χ0) is 9.97. The van der Waals surface area contributed by atoms with Crippen molar-refractivity contribution in [3.05, 3.63) is 22.9 Å². The number of rotatable bonds is 2. The van der Waals surface area contributed by atoms with Gasteiger partial charge >= 0.3 is 0 Å². The Balaban J connectivity index is 2.09. The van der Waals surface area contributed by atoms with Gasteiger partial charge in [-0.3, -0.25) is 4.79 Å². The molecule has 2 rings (SSSR count). The molecule has 1 aromatic heterocycles. The molecular formula is C9H13N3O2. The summed E-state index contributed by atoms with van der Waals surface area (Å²) < 4.78 is 7.26. The highest BCUT2D eigenvalue weighted by atomic mass is 16.5. The van der Waals surface area contributed by atoms with Gasteiger partial charge in [0, 0.05) is 19.3 Å². The Morgan fingerprint density at radius 3 is 3.21 bits per heavy atom. The Kier molecular flexibility index (Phi) is 2.49. The van der Waals surface area contributed by atoms with Crippen LogP contribution >= 0.6 is 0 Å². The monoisotopic (exact) mass is 195 g/mol. The van der Waals surface area contributed by atoms with Crippen LogP contribution < -0.4 is 11.3 Å². The Morgan fingerprint density at radius 1 is 1.71 bits per heavy atom. The number of nitrogens with zero attached hydrogens (tertiary/aromatic N) is 2. The molecule has 2 N–H and O–H groups in total. The number of anilines is 1. The summed E-state index contributed by atoms with van der Waals surface area (Å²) in [5, 5.41) is 0. The Hall–Kier alpha value is -1.36. The number of hydrogen-bond donors (Lipinski definition) is 1. The summed E-state index contributed by atoms with van der Waals surface area (Å²) in [7, 11) is 0. The highest BCUT2D eigenvalue weighted by Crippen LogP contribution is 2.13. The lowest BCUT2D eigenvalue weighted by Crippen LogP contribution is -2.20. The molecule has 2 heterocycles. The predicted octanol–water partition coefficient (Wildman–Crippen LogP) is 0.00450. The molecular weight excluding hydrogens is 182 g/mol. The maximum atomic E-state index is 10.9. The molecule has 0 aliphatic carbocycles. The maximum Gasteiger partial charge on any atom is 0.295 e. The van der Waals surface area contributed by atoms with Crippen molar-refractivity contribution in [2.75, 3.05) is 12.3 Å². The standard InChI is InChI=1S/C9H13N3O2/c10-8-5-12(6-11-9(8)13)4-7-2-1-3-14-7/h5-7H,1-4,10H2. The second-order valence-corrected chi connectivity index (χ2v) is 3.47. The van der Waals surface area contributed by atoms with Crippen molar-refractivity contribution in [3.63, 3.8) is 0 Å². The molecule has 76 valence electrons. The van der Waals surface area contributed by atoms with Gasteiger partial charge in [0.25, 0.3) is 5.56 Å². The lowest BCUT2D eigenvalue weighted by Gasteiger charge is -2.11. The van der Waals surface area contributed by atoms with Gasteiger partial charge < -0.3 is 15.0 Å². The van der Waals surface area contributed by atoms with Gasteiger partial charge in [0.2, 0.25) is 0 Å². The van der Waals surface area contributed by atoms with E-state index in [1.54, 1.807) is 10.8 Å². The third-order valence-corrected chi connectivity index (χ3v) is 2.31. The van der Waals surface area contributed by atoms with Crippen LogP contribution in [-0.4, -0.2) is 22.3 Å². The molecule has 0 amide bonds. The molecule has 14 heavy (non-hydrogen) atoms. The minimum absolute atomic E-state index is 0.186. The van der Waals surface area contributed by atoms with Gasteiger partial charge in [0.1, 0.15) is 5.69 Å². The van der Waals surface area contributed by atoms with Gasteiger partial charge in [0.15, 0.2) is 0 Å². The van der Waals surface area contributed by atoms with Crippen molar-refractivity contribution in [1.82, 2.24) is 9.55 Å². The summed E-state index contributed by atoms with van der Waals surface area (Å²) in [4.78, 5) is 14.6. The molecule has 1 fully saturated rings. The van der Waals surface area contributed by atoms with E-state index in [-0.39, 0.29) is 17.4 Å². The maximum absolute atomic E-state index is 10.9. The average molecular weight is 195 g/mol. The molecule has 0 saturated carbocycles. The summed E-state index contributed by atoms with van der Waals surface area (Å²) in [6, 6.07) is 0. The minimum atomic E-state index is -0.367. The van der Waals surface area contributed by atoms with Crippen LogP contribution in [0.4, 0.5) is 5.69 Å². The number of nitrogen functional groups attached to an aromatic ring is 1. The van der Waals surface area contributed by atoms with E-state index in [1.807, 2.05) is 0 Å². The Labute approximate surface area is 81.5 Å². The highest BCUT2D eigenvalue weighted by Gasteiger charge is 2.15. The van der Waals surface area contributed by atoms with Crippen LogP contribution in [0.15, 0.2) is 17.3 Å². The van der Waals surface area contributed by atoms with Crippen LogP contribution in [0, 0.1) is 0 Å². The van der Waals surface area contributed by atoms with E-state index in [0.717, 1.165) is 26.0 Å². The van der Waals surface area contributed by atoms with Crippen LogP contribution in [0.5, 0.6) is 0 Å². The van der Waals surface area contributed by atoms with Gasteiger partial charge in [-0.05, 0) is 12.8 Å². The molecule has 0 radical (unpaired) electrons. The molecule has 0 aromatic carbocycles. The zero-order valence-electron chi connectivity index (χ0n) is 7.85. The molecule has 1 saturated heterocycles. The van der Waals surface area contributed by atoms with Crippen molar-refractivity contribution in [2.45, 2.75) is 25.5 Å². The van der Waals surface area contributed by atoms with Crippen LogP contribution in [0.3, 0.4) is 0 Å². The van der Waals surface area contributed by atoms with E-state index >= 15 is 0 Å². The third kappa shape index (κ3) is 1.93. The first-order valence-corrected chi connectivity index (χ1v) is 4.69. The fraction of sp³-hybridized carbons (Fsp3) is 0.556. The zero-order valence-corrected chi connectivity index (χ0v) is 7.85. The number of ether oxygens (including phenoxy) is 1. The van der Waals surface area contributed by atoms with E-state index in [4.69, 9.17) is 10.5 Å². The van der Waals surface area contributed by atoms with Crippen LogP contribution in [0.1, 0.15) is 12.8 Å². The van der Waals surface area contributed by atoms with E-state index in [1.165, 1.54) is 6.33 Å². The number of nitrogens with two attached hydrogens (primary N) is 1. The molecule has 1 unspecified atom stereocenters. The second kappa shape index (κ2) is 3.79. The van der Waals surface area contributed by atoms with E-state index < -0.39 is 0 Å². The molecule has 1 aromatic rings. The Bertz CT molecular complexity index is 369. The third-order valence-electron chi connectivity index (χ3n) is 2.31. The molecule has 5 heteroatoms. The molecule has 0 bridgehead atoms. The summed E-state index contributed by atoms with van der Waals surface area (Å²) in [6.45, 7) is 1.55. The highest BCUT2D eigenvalue weighted by molar-refractivity contribution is 5.30. The molecule has 1 atom stereocenters. The van der Waals surface area contributed by atoms with Crippen LogP contribution in [0.25, 0.3) is 0 Å². The summed E-state index contributed by atoms with van der Waals surface area (Å²) in [6.07, 6.45) is 5.51. The quantitative estimate of drug-likeness (QED) is 0.721. The number of hydrogen-bond acceptors (Lipinski definition) is 4. The fourth-order valence-electron chi connectivity index (χ4n) is 1.59. The first kappa shape index (κ1) is 9.21. The summed E-state index contributed by atoms with van der Waals surface area (Å²) >= 11 is 0. The van der Waals surface area contributed by atoms with Crippen LogP contribution in [0.2, 0.25) is 0 Å². The van der Waals surface area contributed by atoms with Crippen molar-refractivity contribution in [1.29, 1.82) is 0 Å². The van der Waals surface area contributed by atoms with Crippen molar-refractivity contribution in [3.8, 4) is 0 Å². The van der Waals surface area contributed by atoms with Gasteiger partial charge in [-0.2, -0.15) is 4.98 Å². The summed E-state index contributed by atoms with van der Waals surface area (Å²) in [5.41, 5.74) is 5.28. The van der Waals surface area contributed by atoms with Gasteiger partial charge in [-0.25, -0.2) is 0 Å². The van der Waals surface area contributed by atoms with E-state index in [9.17, 15) is 4.79 Å². The normalized spacial score (nSPS) is 21.3. The number of aromatic nitrogens is 2. The van der Waals surface area contributed by atoms with E-state index in [2.05, 4.69) is 4.98 Å². The fourth-order valence-corrected chi connectivity index (χ4v) is 1.59. The van der Waals surface area contributed by atoms with Gasteiger partial charge in [0.05, 0.1) is 12.4 Å². The van der Waals surface area contributed by atoms with Gasteiger partial charge in [-0.1, -0.05) is 0 Å². The SMILES string of the molecule is Nc1cn(CC2CCCO2)cnc1=O. The largest absolute Gasteiger partial charge is 0.393 e. The summed E-state index contributed by atoms with van der Waals surface area (Å²) in [5.74, 6) is 0. The lowest BCUT2D eigenvalue weighted by molar-refractivity contribution is 0.0966. The van der Waals surface area contributed by atoms with E-state index in [0.29, 0.717) is 0 Å². The lowest BCUT2D eigenvalue weighted by atomic mass is 10.2. The topological polar surface area (TPSA) is 70.1 Å². The molecule has 1 aliphatic rings. The van der Waals surface area contributed by atoms with Crippen molar-refractivity contribution >= 4 is 5.69 Å². The average Bonchev–Trinajstić information content (AvgIpc) is 2.64. The minimum Gasteiger partial charge on any atom is -0.393 e. The van der Waals surface area contributed by atoms with Crippen LogP contribution in [-0.2, 0) is 11.3 Å². The predicted molar refractivity (Wildman–Crippen MR) is 51.9 cm³/mol.